The third-order valence-electron chi connectivity index (χ3n) is 0.702. The molecule has 8 heavy (non-hydrogen) atoms. The zero-order chi connectivity index (χ0) is 5.98. The second-order valence-corrected chi connectivity index (χ2v) is 1.24. The van der Waals surface area contributed by atoms with Gasteiger partial charge in [-0.25, -0.2) is 10.3 Å². The highest BCUT2D eigenvalue weighted by Crippen LogP contribution is 1.97. The van der Waals surface area contributed by atoms with Gasteiger partial charge in [0.2, 0.25) is 0 Å². The molecule has 0 aliphatic rings. The minimum Gasteiger partial charge on any atom is -0.311 e. The van der Waals surface area contributed by atoms with Crippen molar-refractivity contribution in [2.24, 2.45) is 5.11 Å². The number of hydrogen-bond acceptors (Lipinski definition) is 3. The largest absolute Gasteiger partial charge is 0.324 e. The standard InChI is InChI=1S/C3H4N4O/c4-7-2-1-5-3(8)6-2/h1,4H,(H2,5,6,8). The summed E-state index contributed by atoms with van der Waals surface area (Å²) in [6, 6.07) is 0. The highest BCUT2D eigenvalue weighted by atomic mass is 16.1. The fraction of sp³-hybridized carbons (Fsp3) is 0. The Labute approximate surface area is 44.3 Å². The molecule has 0 spiro atoms. The molecule has 42 valence electrons. The van der Waals surface area contributed by atoms with E-state index < -0.39 is 0 Å². The van der Waals surface area contributed by atoms with Crippen molar-refractivity contribution in [1.29, 1.82) is 5.53 Å². The van der Waals surface area contributed by atoms with Crippen LogP contribution >= 0.6 is 0 Å². The summed E-state index contributed by atoms with van der Waals surface area (Å²) in [6.07, 6.45) is 1.33. The van der Waals surface area contributed by atoms with Crippen LogP contribution in [0.15, 0.2) is 16.1 Å². The molecule has 5 nitrogen and oxygen atoms in total. The van der Waals surface area contributed by atoms with Gasteiger partial charge in [0.15, 0.2) is 5.82 Å². The van der Waals surface area contributed by atoms with Crippen molar-refractivity contribution in [3.05, 3.63) is 16.7 Å². The average Bonchev–Trinajstić information content (AvgIpc) is 2.14. The van der Waals surface area contributed by atoms with Crippen LogP contribution in [-0.2, 0) is 0 Å². The molecule has 0 unspecified atom stereocenters. The van der Waals surface area contributed by atoms with Gasteiger partial charge in [-0.2, -0.15) is 0 Å². The van der Waals surface area contributed by atoms with E-state index >= 15 is 0 Å². The van der Waals surface area contributed by atoms with E-state index in [-0.39, 0.29) is 11.5 Å². The molecule has 0 aliphatic heterocycles. The van der Waals surface area contributed by atoms with Crippen molar-refractivity contribution in [1.82, 2.24) is 9.97 Å². The van der Waals surface area contributed by atoms with Crippen LogP contribution in [-0.4, -0.2) is 9.97 Å². The average molecular weight is 112 g/mol. The monoisotopic (exact) mass is 112 g/mol. The van der Waals surface area contributed by atoms with E-state index in [9.17, 15) is 4.79 Å². The lowest BCUT2D eigenvalue weighted by molar-refractivity contribution is 1.09. The summed E-state index contributed by atoms with van der Waals surface area (Å²) in [5.74, 6) is 0.245. The summed E-state index contributed by atoms with van der Waals surface area (Å²) in [7, 11) is 0. The van der Waals surface area contributed by atoms with Gasteiger partial charge in [-0.15, -0.1) is 5.11 Å². The second kappa shape index (κ2) is 1.61. The number of rotatable bonds is 1. The van der Waals surface area contributed by atoms with Crippen molar-refractivity contribution in [3.8, 4) is 0 Å². The van der Waals surface area contributed by atoms with E-state index in [1.165, 1.54) is 6.20 Å². The molecule has 0 amide bonds. The van der Waals surface area contributed by atoms with E-state index in [2.05, 4.69) is 15.1 Å². The zero-order valence-corrected chi connectivity index (χ0v) is 3.93. The van der Waals surface area contributed by atoms with Gasteiger partial charge in [-0.05, 0) is 0 Å². The minimum absolute atomic E-state index is 0.245. The first-order valence-corrected chi connectivity index (χ1v) is 1.98. The molecule has 0 aromatic carbocycles. The van der Waals surface area contributed by atoms with Crippen LogP contribution in [0, 0.1) is 5.53 Å². The van der Waals surface area contributed by atoms with Crippen LogP contribution in [0.1, 0.15) is 0 Å². The summed E-state index contributed by atoms with van der Waals surface area (Å²) >= 11 is 0. The Morgan fingerprint density at radius 3 is 2.75 bits per heavy atom. The van der Waals surface area contributed by atoms with Crippen LogP contribution in [0.2, 0.25) is 0 Å². The Morgan fingerprint density at radius 1 is 1.75 bits per heavy atom. The SMILES string of the molecule is N=Nc1c[nH]c(=O)[nH]1. The number of aromatic amines is 2. The summed E-state index contributed by atoms with van der Waals surface area (Å²) in [6.45, 7) is 0. The van der Waals surface area contributed by atoms with Crippen molar-refractivity contribution < 1.29 is 0 Å². The number of imidazole rings is 1. The molecule has 0 radical (unpaired) electrons. The van der Waals surface area contributed by atoms with Crippen molar-refractivity contribution >= 4 is 5.82 Å². The first-order chi connectivity index (χ1) is 3.83. The molecular formula is C3H4N4O. The van der Waals surface area contributed by atoms with Gasteiger partial charge < -0.3 is 4.98 Å². The molecule has 0 saturated carbocycles. The number of hydrogen-bond donors (Lipinski definition) is 3. The molecule has 3 N–H and O–H groups in total. The highest BCUT2D eigenvalue weighted by Gasteiger charge is 1.86. The molecule has 1 rings (SSSR count). The third-order valence-corrected chi connectivity index (χ3v) is 0.702. The number of nitrogens with zero attached hydrogens (tertiary/aromatic N) is 1. The molecule has 1 heterocycles. The lowest BCUT2D eigenvalue weighted by atomic mass is 10.8. The predicted octanol–water partition coefficient (Wildman–Crippen LogP) is 0.365. The Balaban J connectivity index is 3.18. The fourth-order valence-corrected chi connectivity index (χ4v) is 0.383. The molecule has 1 aromatic rings. The summed E-state index contributed by atoms with van der Waals surface area (Å²) in [5, 5.41) is 2.95. The molecule has 0 saturated heterocycles. The molecule has 0 aliphatic carbocycles. The number of H-pyrrole nitrogens is 2. The van der Waals surface area contributed by atoms with E-state index in [1.807, 2.05) is 0 Å². The Bertz CT molecular complexity index is 233. The van der Waals surface area contributed by atoms with Crippen molar-refractivity contribution in [2.75, 3.05) is 0 Å². The molecule has 0 fully saturated rings. The van der Waals surface area contributed by atoms with Crippen molar-refractivity contribution in [2.45, 2.75) is 0 Å². The van der Waals surface area contributed by atoms with Crippen LogP contribution in [0.3, 0.4) is 0 Å². The van der Waals surface area contributed by atoms with Crippen molar-refractivity contribution in [3.63, 3.8) is 0 Å². The van der Waals surface area contributed by atoms with Gasteiger partial charge in [0.1, 0.15) is 0 Å². The van der Waals surface area contributed by atoms with Gasteiger partial charge >= 0.3 is 5.69 Å². The third kappa shape index (κ3) is 0.651. The van der Waals surface area contributed by atoms with E-state index in [0.717, 1.165) is 0 Å². The lowest BCUT2D eigenvalue weighted by Crippen LogP contribution is -1.98. The van der Waals surface area contributed by atoms with E-state index in [4.69, 9.17) is 5.53 Å². The van der Waals surface area contributed by atoms with Crippen LogP contribution in [0.4, 0.5) is 5.82 Å². The topological polar surface area (TPSA) is 84.9 Å². The van der Waals surface area contributed by atoms with E-state index in [1.54, 1.807) is 0 Å². The lowest BCUT2D eigenvalue weighted by Gasteiger charge is -1.70. The Hall–Kier alpha value is -1.39. The normalized spacial score (nSPS) is 9.00. The van der Waals surface area contributed by atoms with Crippen LogP contribution < -0.4 is 5.69 Å². The van der Waals surface area contributed by atoms with Gasteiger partial charge in [0, 0.05) is 0 Å². The van der Waals surface area contributed by atoms with E-state index in [0.29, 0.717) is 0 Å². The quantitative estimate of drug-likeness (QED) is 0.450. The zero-order valence-electron chi connectivity index (χ0n) is 3.93. The van der Waals surface area contributed by atoms with Gasteiger partial charge in [-0.3, -0.25) is 4.98 Å². The van der Waals surface area contributed by atoms with Crippen LogP contribution in [0.5, 0.6) is 0 Å². The molecule has 1 aromatic heterocycles. The fourth-order valence-electron chi connectivity index (χ4n) is 0.383. The predicted molar refractivity (Wildman–Crippen MR) is 26.2 cm³/mol. The number of nitrogens with one attached hydrogen (secondary N) is 3. The summed E-state index contributed by atoms with van der Waals surface area (Å²) in [4.78, 5) is 14.7. The maximum Gasteiger partial charge on any atom is 0.324 e. The first kappa shape index (κ1) is 4.76. The smallest absolute Gasteiger partial charge is 0.311 e. The van der Waals surface area contributed by atoms with Gasteiger partial charge in [0.25, 0.3) is 0 Å². The minimum atomic E-state index is -0.337. The van der Waals surface area contributed by atoms with Gasteiger partial charge in [0.05, 0.1) is 6.20 Å². The number of aromatic nitrogens is 2. The Kier molecular flexibility index (Phi) is 0.957. The molecule has 5 heteroatoms. The summed E-state index contributed by atoms with van der Waals surface area (Å²) < 4.78 is 0. The highest BCUT2D eigenvalue weighted by molar-refractivity contribution is 5.18. The summed E-state index contributed by atoms with van der Waals surface area (Å²) in [5.41, 5.74) is 6.05. The maximum atomic E-state index is 10.2. The Morgan fingerprint density at radius 2 is 2.50 bits per heavy atom. The van der Waals surface area contributed by atoms with Crippen LogP contribution in [0.25, 0.3) is 0 Å². The molecular weight excluding hydrogens is 108 g/mol. The van der Waals surface area contributed by atoms with Gasteiger partial charge in [-0.1, -0.05) is 0 Å². The molecule has 0 bridgehead atoms. The first-order valence-electron chi connectivity index (χ1n) is 1.98. The second-order valence-electron chi connectivity index (χ2n) is 1.24. The maximum absolute atomic E-state index is 10.2. The molecule has 0 atom stereocenters.